The molecule has 0 radical (unpaired) electrons. The van der Waals surface area contributed by atoms with E-state index >= 15 is 0 Å². The normalized spacial score (nSPS) is 19.1. The van der Waals surface area contributed by atoms with E-state index in [0.717, 1.165) is 18.8 Å². The topological polar surface area (TPSA) is 58.1 Å². The van der Waals surface area contributed by atoms with E-state index in [1.165, 1.54) is 19.3 Å². The van der Waals surface area contributed by atoms with Crippen LogP contribution in [0.1, 0.15) is 69.7 Å². The van der Waals surface area contributed by atoms with Crippen molar-refractivity contribution in [2.45, 2.75) is 71.9 Å². The molecule has 1 aliphatic heterocycles. The molecule has 0 bridgehead atoms. The third-order valence-electron chi connectivity index (χ3n) is 3.94. The zero-order chi connectivity index (χ0) is 16.3. The summed E-state index contributed by atoms with van der Waals surface area (Å²) in [6, 6.07) is 2.35. The molecule has 1 saturated heterocycles. The Bertz CT molecular complexity index is 536. The van der Waals surface area contributed by atoms with Gasteiger partial charge in [0.15, 0.2) is 0 Å². The molecule has 1 amide bonds. The monoisotopic (exact) mass is 304 g/mol. The molecule has 2 rings (SSSR count). The van der Waals surface area contributed by atoms with Gasteiger partial charge in [0.05, 0.1) is 0 Å². The maximum Gasteiger partial charge on any atom is 0.270 e. The highest BCUT2D eigenvalue weighted by Crippen LogP contribution is 2.25. The van der Waals surface area contributed by atoms with Gasteiger partial charge in [0.1, 0.15) is 17.3 Å². The fourth-order valence-corrected chi connectivity index (χ4v) is 2.95. The lowest BCUT2D eigenvalue weighted by atomic mass is 10.00. The van der Waals surface area contributed by atoms with Crippen molar-refractivity contribution in [3.8, 4) is 0 Å². The Hall–Kier alpha value is -1.65. The summed E-state index contributed by atoms with van der Waals surface area (Å²) in [6.45, 7) is 11.0. The summed E-state index contributed by atoms with van der Waals surface area (Å²) in [5.41, 5.74) is 0.186. The molecular formula is C17H28N4O. The van der Waals surface area contributed by atoms with Crippen molar-refractivity contribution in [3.05, 3.63) is 17.6 Å². The predicted octanol–water partition coefficient (Wildman–Crippen LogP) is 3.08. The number of amides is 1. The molecule has 0 saturated carbocycles. The van der Waals surface area contributed by atoms with Crippen LogP contribution in [-0.2, 0) is 0 Å². The Morgan fingerprint density at radius 1 is 1.36 bits per heavy atom. The second-order valence-corrected chi connectivity index (χ2v) is 7.11. The van der Waals surface area contributed by atoms with E-state index in [2.05, 4.69) is 27.1 Å². The van der Waals surface area contributed by atoms with Crippen LogP contribution in [0.4, 0.5) is 5.82 Å². The molecule has 1 fully saturated rings. The largest absolute Gasteiger partial charge is 0.354 e. The Balaban J connectivity index is 2.28. The zero-order valence-corrected chi connectivity index (χ0v) is 14.4. The number of hydrogen-bond donors (Lipinski definition) is 1. The van der Waals surface area contributed by atoms with Gasteiger partial charge in [0.25, 0.3) is 5.91 Å². The number of hydrogen-bond acceptors (Lipinski definition) is 4. The van der Waals surface area contributed by atoms with Crippen molar-refractivity contribution in [1.29, 1.82) is 0 Å². The van der Waals surface area contributed by atoms with Crippen molar-refractivity contribution >= 4 is 11.7 Å². The molecular weight excluding hydrogens is 276 g/mol. The van der Waals surface area contributed by atoms with Crippen LogP contribution in [0.3, 0.4) is 0 Å². The van der Waals surface area contributed by atoms with Crippen LogP contribution < -0.4 is 10.2 Å². The second kappa shape index (κ2) is 6.63. The molecule has 1 aromatic heterocycles. The number of aromatic nitrogens is 2. The van der Waals surface area contributed by atoms with Gasteiger partial charge >= 0.3 is 0 Å². The molecule has 1 aromatic rings. The zero-order valence-electron chi connectivity index (χ0n) is 14.4. The first-order chi connectivity index (χ1) is 10.3. The summed E-state index contributed by atoms with van der Waals surface area (Å²) in [4.78, 5) is 23.6. The van der Waals surface area contributed by atoms with E-state index in [1.807, 2.05) is 33.8 Å². The highest BCUT2D eigenvalue weighted by molar-refractivity contribution is 5.93. The molecule has 1 N–H and O–H groups in total. The van der Waals surface area contributed by atoms with Crippen molar-refractivity contribution in [1.82, 2.24) is 15.3 Å². The van der Waals surface area contributed by atoms with Crippen LogP contribution in [0.15, 0.2) is 6.07 Å². The first-order valence-electron chi connectivity index (χ1n) is 8.25. The van der Waals surface area contributed by atoms with Crippen LogP contribution in [0.25, 0.3) is 0 Å². The van der Waals surface area contributed by atoms with Gasteiger partial charge in [0.2, 0.25) is 0 Å². The average molecular weight is 304 g/mol. The van der Waals surface area contributed by atoms with E-state index in [-0.39, 0.29) is 11.4 Å². The number of carbonyl (C=O) groups excluding carboxylic acids is 1. The summed E-state index contributed by atoms with van der Waals surface area (Å²) in [5, 5.41) is 2.97. The predicted molar refractivity (Wildman–Crippen MR) is 89.3 cm³/mol. The molecule has 5 heteroatoms. The summed E-state index contributed by atoms with van der Waals surface area (Å²) < 4.78 is 0. The number of nitrogens with zero attached hydrogens (tertiary/aromatic N) is 3. The first kappa shape index (κ1) is 16.7. The van der Waals surface area contributed by atoms with Crippen LogP contribution in [-0.4, -0.2) is 34.0 Å². The van der Waals surface area contributed by atoms with Crippen LogP contribution in [0.5, 0.6) is 0 Å². The maximum absolute atomic E-state index is 12.4. The Morgan fingerprint density at radius 2 is 2.09 bits per heavy atom. The summed E-state index contributed by atoms with van der Waals surface area (Å²) >= 11 is 0. The van der Waals surface area contributed by atoms with Gasteiger partial charge in [-0.2, -0.15) is 0 Å². The fraction of sp³-hybridized carbons (Fsp3) is 0.706. The van der Waals surface area contributed by atoms with Crippen molar-refractivity contribution in [2.75, 3.05) is 11.4 Å². The average Bonchev–Trinajstić information content (AvgIpc) is 2.44. The summed E-state index contributed by atoms with van der Waals surface area (Å²) in [6.07, 6.45) is 4.76. The maximum atomic E-state index is 12.4. The number of aryl methyl sites for hydroxylation is 1. The second-order valence-electron chi connectivity index (χ2n) is 7.11. The summed E-state index contributed by atoms with van der Waals surface area (Å²) in [7, 11) is 0. The lowest BCUT2D eigenvalue weighted by Gasteiger charge is -2.36. The van der Waals surface area contributed by atoms with Crippen LogP contribution >= 0.6 is 0 Å². The number of rotatable bonds is 3. The van der Waals surface area contributed by atoms with E-state index < -0.39 is 0 Å². The number of anilines is 1. The van der Waals surface area contributed by atoms with E-state index in [0.29, 0.717) is 17.6 Å². The smallest absolute Gasteiger partial charge is 0.270 e. The molecule has 1 atom stereocenters. The minimum Gasteiger partial charge on any atom is -0.354 e. The van der Waals surface area contributed by atoms with Gasteiger partial charge in [-0.15, -0.1) is 0 Å². The third kappa shape index (κ3) is 4.18. The molecule has 5 nitrogen and oxygen atoms in total. The molecule has 22 heavy (non-hydrogen) atoms. The highest BCUT2D eigenvalue weighted by Gasteiger charge is 2.24. The number of carbonyl (C=O) groups is 1. The minimum absolute atomic E-state index is 0.135. The van der Waals surface area contributed by atoms with Crippen LogP contribution in [0, 0.1) is 6.92 Å². The van der Waals surface area contributed by atoms with E-state index in [1.54, 1.807) is 0 Å². The molecule has 1 aliphatic rings. The Labute approximate surface area is 133 Å². The first-order valence-corrected chi connectivity index (χ1v) is 8.25. The molecule has 1 unspecified atom stereocenters. The molecule has 0 aliphatic carbocycles. The van der Waals surface area contributed by atoms with Crippen LogP contribution in [0.2, 0.25) is 0 Å². The van der Waals surface area contributed by atoms with Gasteiger partial charge < -0.3 is 10.2 Å². The van der Waals surface area contributed by atoms with Crippen molar-refractivity contribution in [3.63, 3.8) is 0 Å². The van der Waals surface area contributed by atoms with Crippen molar-refractivity contribution in [2.24, 2.45) is 0 Å². The quantitative estimate of drug-likeness (QED) is 0.932. The van der Waals surface area contributed by atoms with Gasteiger partial charge in [0, 0.05) is 24.2 Å². The van der Waals surface area contributed by atoms with Gasteiger partial charge in [-0.1, -0.05) is 6.92 Å². The van der Waals surface area contributed by atoms with E-state index in [9.17, 15) is 4.79 Å². The molecule has 0 aromatic carbocycles. The highest BCUT2D eigenvalue weighted by atomic mass is 16.2. The fourth-order valence-electron chi connectivity index (χ4n) is 2.95. The third-order valence-corrected chi connectivity index (χ3v) is 3.94. The standard InChI is InChI=1S/C17H28N4O/c1-6-13-9-7-8-10-21(13)15-11-14(18-12(2)19-15)16(22)20-17(3,4)5/h11,13H,6-10H2,1-5H3,(H,20,22). The van der Waals surface area contributed by atoms with Gasteiger partial charge in [-0.05, 0) is 53.4 Å². The van der Waals surface area contributed by atoms with Gasteiger partial charge in [-0.3, -0.25) is 4.79 Å². The molecule has 2 heterocycles. The Morgan fingerprint density at radius 3 is 2.73 bits per heavy atom. The Kier molecular flexibility index (Phi) is 5.04. The van der Waals surface area contributed by atoms with Gasteiger partial charge in [-0.25, -0.2) is 9.97 Å². The summed E-state index contributed by atoms with van der Waals surface area (Å²) in [5.74, 6) is 1.40. The lowest BCUT2D eigenvalue weighted by Crippen LogP contribution is -2.42. The van der Waals surface area contributed by atoms with E-state index in [4.69, 9.17) is 0 Å². The number of piperidine rings is 1. The minimum atomic E-state index is -0.271. The van der Waals surface area contributed by atoms with Crippen molar-refractivity contribution < 1.29 is 4.79 Å². The molecule has 0 spiro atoms. The SMILES string of the molecule is CCC1CCCCN1c1cc(C(=O)NC(C)(C)C)nc(C)n1. The number of nitrogens with one attached hydrogen (secondary N) is 1. The lowest BCUT2D eigenvalue weighted by molar-refractivity contribution is 0.0914. The molecule has 122 valence electrons.